The van der Waals surface area contributed by atoms with E-state index in [0.29, 0.717) is 12.0 Å². The summed E-state index contributed by atoms with van der Waals surface area (Å²) in [4.78, 5) is 10.0. The Kier molecular flexibility index (Phi) is 2.63. The third-order valence-corrected chi connectivity index (χ3v) is 1.64. The van der Waals surface area contributed by atoms with E-state index in [9.17, 15) is 4.79 Å². The maximum absolute atomic E-state index is 10.0. The quantitative estimate of drug-likeness (QED) is 0.549. The number of hydrogen-bond donors (Lipinski definition) is 0. The molecule has 1 aliphatic heterocycles. The van der Waals surface area contributed by atoms with Crippen molar-refractivity contribution in [1.82, 2.24) is 0 Å². The lowest BCUT2D eigenvalue weighted by Gasteiger charge is -2.05. The Balaban J connectivity index is 2.23. The maximum atomic E-state index is 10.0. The van der Waals surface area contributed by atoms with Crippen LogP contribution in [0.2, 0.25) is 0 Å². The Morgan fingerprint density at radius 3 is 3.10 bits per heavy atom. The summed E-state index contributed by atoms with van der Waals surface area (Å²) in [5.74, 6) is 0. The second-order valence-electron chi connectivity index (χ2n) is 2.54. The molecule has 1 radical (unpaired) electrons. The Labute approximate surface area is 60.9 Å². The second kappa shape index (κ2) is 3.52. The molecule has 2 heteroatoms. The smallest absolute Gasteiger partial charge is 0.228 e. The van der Waals surface area contributed by atoms with Crippen LogP contribution in [0.3, 0.4) is 0 Å². The van der Waals surface area contributed by atoms with E-state index in [1.54, 1.807) is 6.29 Å². The number of ether oxygens (including phenoxy) is 1. The van der Waals surface area contributed by atoms with Crippen molar-refractivity contribution >= 4 is 6.29 Å². The van der Waals surface area contributed by atoms with E-state index >= 15 is 0 Å². The molecule has 55 valence electrons. The van der Waals surface area contributed by atoms with Gasteiger partial charge in [0.2, 0.25) is 6.29 Å². The van der Waals surface area contributed by atoms with Gasteiger partial charge in [-0.1, -0.05) is 6.58 Å². The number of hydrogen-bond acceptors (Lipinski definition) is 2. The van der Waals surface area contributed by atoms with Crippen LogP contribution < -0.4 is 0 Å². The van der Waals surface area contributed by atoms with E-state index < -0.39 is 0 Å². The van der Waals surface area contributed by atoms with Crippen molar-refractivity contribution in [2.24, 2.45) is 0 Å². The van der Waals surface area contributed by atoms with Crippen LogP contribution in [0, 0.1) is 0 Å². The lowest BCUT2D eigenvalue weighted by Crippen LogP contribution is -2.05. The lowest BCUT2D eigenvalue weighted by atomic mass is 10.1. The predicted molar refractivity (Wildman–Crippen MR) is 38.4 cm³/mol. The highest BCUT2D eigenvalue weighted by molar-refractivity contribution is 5.72. The van der Waals surface area contributed by atoms with Crippen LogP contribution >= 0.6 is 0 Å². The Morgan fingerprint density at radius 1 is 1.80 bits per heavy atom. The van der Waals surface area contributed by atoms with Gasteiger partial charge in [0.1, 0.15) is 0 Å². The molecule has 0 aliphatic carbocycles. The summed E-state index contributed by atoms with van der Waals surface area (Å²) in [6.07, 6.45) is 4.82. The molecule has 0 spiro atoms. The third kappa shape index (κ3) is 1.95. The molecule has 1 unspecified atom stereocenters. The monoisotopic (exact) mass is 139 g/mol. The molecule has 0 aromatic carbocycles. The van der Waals surface area contributed by atoms with Crippen molar-refractivity contribution in [2.45, 2.75) is 25.4 Å². The average molecular weight is 139 g/mol. The molecule has 0 saturated carbocycles. The van der Waals surface area contributed by atoms with Crippen molar-refractivity contribution in [2.75, 3.05) is 6.61 Å². The third-order valence-electron chi connectivity index (χ3n) is 1.64. The maximum Gasteiger partial charge on any atom is 0.228 e. The highest BCUT2D eigenvalue weighted by Crippen LogP contribution is 2.17. The Morgan fingerprint density at radius 2 is 2.60 bits per heavy atom. The minimum Gasteiger partial charge on any atom is -0.378 e. The zero-order valence-corrected chi connectivity index (χ0v) is 5.93. The highest BCUT2D eigenvalue weighted by Gasteiger charge is 2.15. The molecule has 0 amide bonds. The molecule has 1 aliphatic rings. The SMILES string of the molecule is C=C([C]=O)CC1CCCO1. The second-order valence-corrected chi connectivity index (χ2v) is 2.54. The summed E-state index contributed by atoms with van der Waals surface area (Å²) >= 11 is 0. The first-order chi connectivity index (χ1) is 4.83. The topological polar surface area (TPSA) is 26.3 Å². The van der Waals surface area contributed by atoms with Gasteiger partial charge in [-0.25, -0.2) is 0 Å². The van der Waals surface area contributed by atoms with Crippen molar-refractivity contribution in [3.63, 3.8) is 0 Å². The van der Waals surface area contributed by atoms with Gasteiger partial charge in [-0.2, -0.15) is 0 Å². The fourth-order valence-electron chi connectivity index (χ4n) is 1.12. The molecule has 1 rings (SSSR count). The van der Waals surface area contributed by atoms with Gasteiger partial charge in [0, 0.05) is 13.0 Å². The van der Waals surface area contributed by atoms with Crippen LogP contribution in [0.25, 0.3) is 0 Å². The molecular weight excluding hydrogens is 128 g/mol. The number of carbonyl (C=O) groups excluding carboxylic acids is 1. The summed E-state index contributed by atoms with van der Waals surface area (Å²) in [5, 5.41) is 0. The molecular formula is C8H11O2. The van der Waals surface area contributed by atoms with Gasteiger partial charge >= 0.3 is 0 Å². The van der Waals surface area contributed by atoms with Crippen molar-refractivity contribution < 1.29 is 9.53 Å². The van der Waals surface area contributed by atoms with Gasteiger partial charge in [-0.3, -0.25) is 4.79 Å². The van der Waals surface area contributed by atoms with Gasteiger partial charge in [-0.05, 0) is 18.4 Å². The fraction of sp³-hybridized carbons (Fsp3) is 0.625. The molecule has 10 heavy (non-hydrogen) atoms. The van der Waals surface area contributed by atoms with Crippen LogP contribution in [0.4, 0.5) is 0 Å². The molecule has 2 nitrogen and oxygen atoms in total. The molecule has 1 heterocycles. The first-order valence-corrected chi connectivity index (χ1v) is 3.50. The summed E-state index contributed by atoms with van der Waals surface area (Å²) in [7, 11) is 0. The molecule has 0 aromatic heterocycles. The van der Waals surface area contributed by atoms with E-state index in [1.165, 1.54) is 0 Å². The summed E-state index contributed by atoms with van der Waals surface area (Å²) in [6, 6.07) is 0. The number of rotatable bonds is 3. The molecule has 0 aromatic rings. The Hall–Kier alpha value is -0.630. The molecule has 1 fully saturated rings. The standard InChI is InChI=1S/C8H11O2/c1-7(6-9)5-8-3-2-4-10-8/h8H,1-5H2. The van der Waals surface area contributed by atoms with Crippen LogP contribution in [-0.4, -0.2) is 19.0 Å². The van der Waals surface area contributed by atoms with Gasteiger partial charge in [-0.15, -0.1) is 0 Å². The van der Waals surface area contributed by atoms with Crippen molar-refractivity contribution in [3.8, 4) is 0 Å². The van der Waals surface area contributed by atoms with Crippen LogP contribution in [0.1, 0.15) is 19.3 Å². The zero-order valence-electron chi connectivity index (χ0n) is 5.93. The summed E-state index contributed by atoms with van der Waals surface area (Å²) in [5.41, 5.74) is 0.520. The van der Waals surface area contributed by atoms with Gasteiger partial charge in [0.05, 0.1) is 6.10 Å². The zero-order chi connectivity index (χ0) is 7.40. The predicted octanol–water partition coefficient (Wildman–Crippen LogP) is 1.22. The minimum absolute atomic E-state index is 0.231. The normalized spacial score (nSPS) is 24.6. The van der Waals surface area contributed by atoms with Gasteiger partial charge in [0.15, 0.2) is 0 Å². The van der Waals surface area contributed by atoms with Crippen LogP contribution in [0.5, 0.6) is 0 Å². The largest absolute Gasteiger partial charge is 0.378 e. The summed E-state index contributed by atoms with van der Waals surface area (Å²) in [6.45, 7) is 4.36. The minimum atomic E-state index is 0.231. The average Bonchev–Trinajstić information content (AvgIpc) is 2.40. The van der Waals surface area contributed by atoms with E-state index in [-0.39, 0.29) is 6.10 Å². The van der Waals surface area contributed by atoms with Crippen LogP contribution in [0.15, 0.2) is 12.2 Å². The Bertz CT molecular complexity index is 134. The van der Waals surface area contributed by atoms with E-state index in [0.717, 1.165) is 19.4 Å². The van der Waals surface area contributed by atoms with Gasteiger partial charge < -0.3 is 4.74 Å². The van der Waals surface area contributed by atoms with Crippen LogP contribution in [-0.2, 0) is 9.53 Å². The molecule has 0 N–H and O–H groups in total. The van der Waals surface area contributed by atoms with E-state index in [2.05, 4.69) is 6.58 Å². The van der Waals surface area contributed by atoms with Gasteiger partial charge in [0.25, 0.3) is 0 Å². The first-order valence-electron chi connectivity index (χ1n) is 3.50. The van der Waals surface area contributed by atoms with Crippen molar-refractivity contribution in [3.05, 3.63) is 12.2 Å². The molecule has 1 atom stereocenters. The highest BCUT2D eigenvalue weighted by atomic mass is 16.5. The van der Waals surface area contributed by atoms with E-state index in [4.69, 9.17) is 4.74 Å². The first kappa shape index (κ1) is 7.48. The molecule has 0 bridgehead atoms. The van der Waals surface area contributed by atoms with Crippen molar-refractivity contribution in [1.29, 1.82) is 0 Å². The lowest BCUT2D eigenvalue weighted by molar-refractivity contribution is 0.112. The fourth-order valence-corrected chi connectivity index (χ4v) is 1.12. The van der Waals surface area contributed by atoms with E-state index in [1.807, 2.05) is 0 Å². The summed E-state index contributed by atoms with van der Waals surface area (Å²) < 4.78 is 5.29. The molecule has 1 saturated heterocycles.